The molecule has 2 amide bonds. The number of nitrogens with zero attached hydrogens (tertiary/aromatic N) is 2. The minimum absolute atomic E-state index is 0.111. The zero-order valence-electron chi connectivity index (χ0n) is 13.5. The first-order valence-electron chi connectivity index (χ1n) is 7.84. The molecule has 0 spiro atoms. The normalized spacial score (nSPS) is 15.3. The molecule has 1 aromatic rings. The lowest BCUT2D eigenvalue weighted by atomic mass is 10.2. The molecule has 23 heavy (non-hydrogen) atoms. The lowest BCUT2D eigenvalue weighted by molar-refractivity contribution is -0.125. The van der Waals surface area contributed by atoms with Crippen molar-refractivity contribution >= 4 is 17.5 Å². The van der Waals surface area contributed by atoms with Crippen LogP contribution in [-0.4, -0.2) is 62.6 Å². The van der Waals surface area contributed by atoms with Gasteiger partial charge >= 0.3 is 0 Å². The van der Waals surface area contributed by atoms with Crippen LogP contribution in [0.2, 0.25) is 0 Å². The molecule has 1 aliphatic rings. The number of para-hydroxylation sites is 2. The minimum atomic E-state index is -0.532. The fourth-order valence-corrected chi connectivity index (χ4v) is 2.59. The van der Waals surface area contributed by atoms with E-state index in [-0.39, 0.29) is 19.0 Å². The molecule has 1 aliphatic heterocycles. The molecule has 0 unspecified atom stereocenters. The van der Waals surface area contributed by atoms with E-state index in [1.165, 1.54) is 0 Å². The van der Waals surface area contributed by atoms with Crippen molar-refractivity contribution < 1.29 is 14.3 Å². The molecule has 3 N–H and O–H groups in total. The van der Waals surface area contributed by atoms with Crippen molar-refractivity contribution in [3.63, 3.8) is 0 Å². The van der Waals surface area contributed by atoms with E-state index in [1.807, 2.05) is 25.1 Å². The van der Waals surface area contributed by atoms with Crippen LogP contribution in [0, 0.1) is 0 Å². The highest BCUT2D eigenvalue weighted by Crippen LogP contribution is 2.28. The van der Waals surface area contributed by atoms with E-state index in [0.717, 1.165) is 37.6 Å². The average molecular weight is 320 g/mol. The fraction of sp³-hybridized carbons (Fsp3) is 0.500. The summed E-state index contributed by atoms with van der Waals surface area (Å²) in [5.41, 5.74) is 6.10. The molecular weight excluding hydrogens is 296 g/mol. The van der Waals surface area contributed by atoms with Gasteiger partial charge in [-0.05, 0) is 19.1 Å². The third-order valence-electron chi connectivity index (χ3n) is 3.71. The Kier molecular flexibility index (Phi) is 6.22. The molecule has 0 radical (unpaired) electrons. The number of hydrogen-bond acceptors (Lipinski definition) is 5. The maximum atomic E-state index is 11.7. The van der Waals surface area contributed by atoms with Gasteiger partial charge in [0, 0.05) is 26.2 Å². The van der Waals surface area contributed by atoms with Gasteiger partial charge in [-0.2, -0.15) is 0 Å². The second-order valence-electron chi connectivity index (χ2n) is 5.41. The van der Waals surface area contributed by atoms with Gasteiger partial charge in [0.1, 0.15) is 5.75 Å². The van der Waals surface area contributed by atoms with Gasteiger partial charge in [-0.1, -0.05) is 12.1 Å². The highest BCUT2D eigenvalue weighted by Gasteiger charge is 2.21. The molecule has 0 saturated carbocycles. The van der Waals surface area contributed by atoms with Crippen LogP contribution in [0.4, 0.5) is 5.69 Å². The maximum Gasteiger partial charge on any atom is 0.236 e. The molecule has 0 aliphatic carbocycles. The summed E-state index contributed by atoms with van der Waals surface area (Å²) in [6, 6.07) is 8.00. The molecule has 0 aromatic heterocycles. The van der Waals surface area contributed by atoms with Gasteiger partial charge in [0.05, 0.1) is 25.4 Å². The minimum Gasteiger partial charge on any atom is -0.492 e. The number of primary amides is 1. The number of ether oxygens (including phenoxy) is 1. The summed E-state index contributed by atoms with van der Waals surface area (Å²) < 4.78 is 5.67. The number of hydrogen-bond donors (Lipinski definition) is 2. The lowest BCUT2D eigenvalue weighted by Gasteiger charge is -2.36. The predicted octanol–water partition coefficient (Wildman–Crippen LogP) is -0.191. The predicted molar refractivity (Wildman–Crippen MR) is 88.5 cm³/mol. The van der Waals surface area contributed by atoms with Gasteiger partial charge in [0.25, 0.3) is 0 Å². The number of amides is 2. The fourth-order valence-electron chi connectivity index (χ4n) is 2.59. The standard InChI is InChI=1S/C16H24N4O3/c1-2-23-14-6-4-3-5-13(14)20-9-7-19(8-10-20)12-16(22)18-11-15(17)21/h3-6H,2,7-12H2,1H3,(H2,17,21)(H,18,22). The molecule has 0 bridgehead atoms. The summed E-state index contributed by atoms with van der Waals surface area (Å²) in [7, 11) is 0. The molecule has 0 atom stereocenters. The first-order chi connectivity index (χ1) is 11.1. The van der Waals surface area contributed by atoms with Crippen LogP contribution in [-0.2, 0) is 9.59 Å². The molecule has 1 heterocycles. The van der Waals surface area contributed by atoms with E-state index in [1.54, 1.807) is 0 Å². The van der Waals surface area contributed by atoms with Crippen LogP contribution in [0.5, 0.6) is 5.75 Å². The van der Waals surface area contributed by atoms with E-state index < -0.39 is 5.91 Å². The van der Waals surface area contributed by atoms with Gasteiger partial charge in [0.2, 0.25) is 11.8 Å². The lowest BCUT2D eigenvalue weighted by Crippen LogP contribution is -2.50. The van der Waals surface area contributed by atoms with Crippen molar-refractivity contribution in [2.75, 3.05) is 50.8 Å². The number of rotatable bonds is 7. The SMILES string of the molecule is CCOc1ccccc1N1CCN(CC(=O)NCC(N)=O)CC1. The zero-order chi connectivity index (χ0) is 16.7. The van der Waals surface area contributed by atoms with Crippen LogP contribution in [0.15, 0.2) is 24.3 Å². The monoisotopic (exact) mass is 320 g/mol. The summed E-state index contributed by atoms with van der Waals surface area (Å²) in [5, 5.41) is 2.51. The average Bonchev–Trinajstić information content (AvgIpc) is 2.55. The summed E-state index contributed by atoms with van der Waals surface area (Å²) in [5.74, 6) is 0.185. The van der Waals surface area contributed by atoms with Crippen molar-refractivity contribution in [1.82, 2.24) is 10.2 Å². The van der Waals surface area contributed by atoms with Crippen LogP contribution in [0.1, 0.15) is 6.92 Å². The smallest absolute Gasteiger partial charge is 0.236 e. The van der Waals surface area contributed by atoms with Crippen molar-refractivity contribution in [2.24, 2.45) is 5.73 Å². The quantitative estimate of drug-likeness (QED) is 0.727. The Morgan fingerprint density at radius 1 is 1.22 bits per heavy atom. The van der Waals surface area contributed by atoms with Gasteiger partial charge in [-0.15, -0.1) is 0 Å². The second kappa shape index (κ2) is 8.38. The van der Waals surface area contributed by atoms with E-state index in [9.17, 15) is 9.59 Å². The third-order valence-corrected chi connectivity index (χ3v) is 3.71. The molecule has 1 fully saturated rings. The van der Waals surface area contributed by atoms with Crippen LogP contribution in [0.3, 0.4) is 0 Å². The molecule has 126 valence electrons. The van der Waals surface area contributed by atoms with E-state index in [0.29, 0.717) is 6.61 Å². The van der Waals surface area contributed by atoms with Crippen molar-refractivity contribution in [3.05, 3.63) is 24.3 Å². The molecule has 2 rings (SSSR count). The molecule has 7 heteroatoms. The first kappa shape index (κ1) is 17.1. The summed E-state index contributed by atoms with van der Waals surface area (Å²) >= 11 is 0. The van der Waals surface area contributed by atoms with Gasteiger partial charge in [-0.25, -0.2) is 0 Å². The van der Waals surface area contributed by atoms with E-state index in [4.69, 9.17) is 10.5 Å². The number of piperazine rings is 1. The second-order valence-corrected chi connectivity index (χ2v) is 5.41. The van der Waals surface area contributed by atoms with Gasteiger partial charge in [0.15, 0.2) is 0 Å². The third kappa shape index (κ3) is 5.14. The molecular formula is C16H24N4O3. The maximum absolute atomic E-state index is 11.7. The van der Waals surface area contributed by atoms with Crippen LogP contribution in [0.25, 0.3) is 0 Å². The summed E-state index contributed by atoms with van der Waals surface area (Å²) in [6.07, 6.45) is 0. The van der Waals surface area contributed by atoms with Crippen molar-refractivity contribution in [2.45, 2.75) is 6.92 Å². The van der Waals surface area contributed by atoms with Crippen molar-refractivity contribution in [3.8, 4) is 5.75 Å². The summed E-state index contributed by atoms with van der Waals surface area (Å²) in [4.78, 5) is 26.7. The van der Waals surface area contributed by atoms with Crippen molar-refractivity contribution in [1.29, 1.82) is 0 Å². The Morgan fingerprint density at radius 3 is 2.57 bits per heavy atom. The van der Waals surface area contributed by atoms with Gasteiger partial charge < -0.3 is 20.7 Å². The zero-order valence-corrected chi connectivity index (χ0v) is 13.5. The Bertz CT molecular complexity index is 542. The van der Waals surface area contributed by atoms with E-state index in [2.05, 4.69) is 21.2 Å². The number of carbonyl (C=O) groups is 2. The highest BCUT2D eigenvalue weighted by atomic mass is 16.5. The largest absolute Gasteiger partial charge is 0.492 e. The summed E-state index contributed by atoms with van der Waals surface area (Å²) in [6.45, 7) is 6.00. The van der Waals surface area contributed by atoms with Gasteiger partial charge in [-0.3, -0.25) is 14.5 Å². The number of nitrogens with one attached hydrogen (secondary N) is 1. The highest BCUT2D eigenvalue weighted by molar-refractivity contribution is 5.84. The Labute approximate surface area is 136 Å². The Morgan fingerprint density at radius 2 is 1.91 bits per heavy atom. The van der Waals surface area contributed by atoms with Crippen LogP contribution < -0.4 is 20.7 Å². The number of anilines is 1. The Hall–Kier alpha value is -2.28. The molecule has 7 nitrogen and oxygen atoms in total. The molecule has 1 saturated heterocycles. The number of nitrogens with two attached hydrogens (primary N) is 1. The van der Waals surface area contributed by atoms with E-state index >= 15 is 0 Å². The Balaban J connectivity index is 1.84. The molecule has 1 aromatic carbocycles. The van der Waals surface area contributed by atoms with Crippen LogP contribution >= 0.6 is 0 Å². The number of carbonyl (C=O) groups excluding carboxylic acids is 2. The number of benzene rings is 1. The first-order valence-corrected chi connectivity index (χ1v) is 7.84. The topological polar surface area (TPSA) is 87.9 Å².